The summed E-state index contributed by atoms with van der Waals surface area (Å²) in [5.74, 6) is 0. The molecule has 0 aliphatic carbocycles. The highest BCUT2D eigenvalue weighted by Gasteiger charge is 1.72. The number of hydrogen-bond acceptors (Lipinski definition) is 1. The van der Waals surface area contributed by atoms with Crippen molar-refractivity contribution >= 4 is 6.21 Å². The van der Waals surface area contributed by atoms with Gasteiger partial charge >= 0.3 is 0 Å². The van der Waals surface area contributed by atoms with E-state index in [9.17, 15) is 0 Å². The fraction of sp³-hybridized carbons (Fsp3) is 0.286. The largest absolute Gasteiger partial charge is 0.262 e. The molecule has 0 unspecified atom stereocenters. The van der Waals surface area contributed by atoms with Crippen LogP contribution in [0.4, 0.5) is 0 Å². The maximum atomic E-state index is 3.91. The first-order valence-corrected chi connectivity index (χ1v) is 2.61. The lowest BCUT2D eigenvalue weighted by Gasteiger charge is -1.82. The van der Waals surface area contributed by atoms with Gasteiger partial charge in [0.25, 0.3) is 0 Å². The van der Waals surface area contributed by atoms with Crippen molar-refractivity contribution < 1.29 is 0 Å². The van der Waals surface area contributed by atoms with Crippen molar-refractivity contribution in [2.75, 3.05) is 0 Å². The molecule has 0 amide bonds. The molecular weight excluding hydrogens is 98.1 g/mol. The Morgan fingerprint density at radius 1 is 1.50 bits per heavy atom. The van der Waals surface area contributed by atoms with Gasteiger partial charge in [-0.1, -0.05) is 12.7 Å². The summed E-state index contributed by atoms with van der Waals surface area (Å²) in [6, 6.07) is 0. The van der Waals surface area contributed by atoms with Crippen LogP contribution >= 0.6 is 0 Å². The third-order valence-corrected chi connectivity index (χ3v) is 0.654. The first-order chi connectivity index (χ1) is 3.81. The van der Waals surface area contributed by atoms with Crippen molar-refractivity contribution in [2.24, 2.45) is 4.99 Å². The van der Waals surface area contributed by atoms with E-state index in [0.29, 0.717) is 0 Å². The average molecular weight is 109 g/mol. The summed E-state index contributed by atoms with van der Waals surface area (Å²) in [6.07, 6.45) is 5.50. The molecule has 0 N–H and O–H groups in total. The van der Waals surface area contributed by atoms with Crippen LogP contribution in [0.5, 0.6) is 0 Å². The Kier molecular flexibility index (Phi) is 3.85. The Labute approximate surface area is 50.4 Å². The van der Waals surface area contributed by atoms with E-state index in [1.807, 2.05) is 26.0 Å². The molecule has 0 aliphatic heterocycles. The second-order valence-electron chi connectivity index (χ2n) is 1.38. The minimum absolute atomic E-state index is 0.801. The van der Waals surface area contributed by atoms with Crippen molar-refractivity contribution in [2.45, 2.75) is 13.8 Å². The van der Waals surface area contributed by atoms with Gasteiger partial charge in [0.15, 0.2) is 0 Å². The van der Waals surface area contributed by atoms with E-state index in [0.717, 1.165) is 5.70 Å². The lowest BCUT2D eigenvalue weighted by Crippen LogP contribution is -1.65. The van der Waals surface area contributed by atoms with Crippen molar-refractivity contribution in [3.05, 3.63) is 24.4 Å². The Morgan fingerprint density at radius 3 is 2.50 bits per heavy atom. The Hall–Kier alpha value is -0.850. The number of rotatable bonds is 2. The van der Waals surface area contributed by atoms with Crippen LogP contribution in [0.2, 0.25) is 0 Å². The molecule has 0 saturated heterocycles. The lowest BCUT2D eigenvalue weighted by molar-refractivity contribution is 1.43. The van der Waals surface area contributed by atoms with E-state index >= 15 is 0 Å². The lowest BCUT2D eigenvalue weighted by atomic mass is 10.4. The topological polar surface area (TPSA) is 12.4 Å². The first kappa shape index (κ1) is 7.15. The van der Waals surface area contributed by atoms with E-state index in [1.54, 1.807) is 6.21 Å². The molecule has 0 fully saturated rings. The molecule has 0 aliphatic rings. The smallest absolute Gasteiger partial charge is 0.0550 e. The highest BCUT2D eigenvalue weighted by atomic mass is 14.7. The first-order valence-electron chi connectivity index (χ1n) is 2.61. The minimum atomic E-state index is 0.801. The molecule has 0 atom stereocenters. The summed E-state index contributed by atoms with van der Waals surface area (Å²) >= 11 is 0. The zero-order valence-corrected chi connectivity index (χ0v) is 5.39. The predicted octanol–water partition coefficient (Wildman–Crippen LogP) is 2.17. The number of aliphatic imine (C=N–C) groups is 1. The van der Waals surface area contributed by atoms with E-state index in [4.69, 9.17) is 0 Å². The summed E-state index contributed by atoms with van der Waals surface area (Å²) < 4.78 is 0. The fourth-order valence-corrected chi connectivity index (χ4v) is 0.401. The van der Waals surface area contributed by atoms with Gasteiger partial charge < -0.3 is 0 Å². The van der Waals surface area contributed by atoms with E-state index in [1.165, 1.54) is 0 Å². The number of allylic oxidation sites excluding steroid dienone is 2. The second-order valence-corrected chi connectivity index (χ2v) is 1.38. The molecule has 0 heterocycles. The molecule has 1 heteroatoms. The van der Waals surface area contributed by atoms with Crippen molar-refractivity contribution in [1.82, 2.24) is 0 Å². The number of hydrogen-bond donors (Lipinski definition) is 0. The van der Waals surface area contributed by atoms with Gasteiger partial charge in [0, 0.05) is 6.21 Å². The third kappa shape index (κ3) is 3.34. The molecule has 0 aromatic carbocycles. The second kappa shape index (κ2) is 4.31. The summed E-state index contributed by atoms with van der Waals surface area (Å²) in [5, 5.41) is 0. The Balaban J connectivity index is 3.66. The maximum Gasteiger partial charge on any atom is 0.0550 e. The van der Waals surface area contributed by atoms with Crippen LogP contribution in [0.1, 0.15) is 13.8 Å². The molecule has 0 radical (unpaired) electrons. The highest BCUT2D eigenvalue weighted by Crippen LogP contribution is 1.91. The van der Waals surface area contributed by atoms with Crippen LogP contribution in [0.3, 0.4) is 0 Å². The van der Waals surface area contributed by atoms with Gasteiger partial charge in [-0.3, -0.25) is 4.99 Å². The molecule has 1 nitrogen and oxygen atoms in total. The van der Waals surface area contributed by atoms with Crippen LogP contribution in [0.25, 0.3) is 0 Å². The van der Waals surface area contributed by atoms with E-state index in [2.05, 4.69) is 11.6 Å². The molecule has 0 aromatic heterocycles. The average Bonchev–Trinajstić information content (AvgIpc) is 1.68. The summed E-state index contributed by atoms with van der Waals surface area (Å²) in [6.45, 7) is 7.46. The summed E-state index contributed by atoms with van der Waals surface area (Å²) in [4.78, 5) is 3.91. The summed E-state index contributed by atoms with van der Waals surface area (Å²) in [7, 11) is 0. The number of nitrogens with zero attached hydrogens (tertiary/aromatic N) is 1. The van der Waals surface area contributed by atoms with Gasteiger partial charge in [0.2, 0.25) is 0 Å². The van der Waals surface area contributed by atoms with Gasteiger partial charge in [0.1, 0.15) is 0 Å². The molecule has 0 bridgehead atoms. The van der Waals surface area contributed by atoms with Gasteiger partial charge in [0.05, 0.1) is 5.70 Å². The normalized spacial score (nSPS) is 11.2. The van der Waals surface area contributed by atoms with Crippen molar-refractivity contribution in [3.63, 3.8) is 0 Å². The molecule has 0 aromatic rings. The predicted molar refractivity (Wildman–Crippen MR) is 38.1 cm³/mol. The van der Waals surface area contributed by atoms with E-state index < -0.39 is 0 Å². The molecule has 8 heavy (non-hydrogen) atoms. The van der Waals surface area contributed by atoms with Crippen LogP contribution in [0, 0.1) is 0 Å². The quantitative estimate of drug-likeness (QED) is 0.380. The highest BCUT2D eigenvalue weighted by molar-refractivity contribution is 5.55. The third-order valence-electron chi connectivity index (χ3n) is 0.654. The van der Waals surface area contributed by atoms with Gasteiger partial charge in [-0.2, -0.15) is 0 Å². The SMILES string of the molecule is C=C(/C=C\C)/N=C\C. The Morgan fingerprint density at radius 2 is 2.12 bits per heavy atom. The molecule has 44 valence electrons. The molecule has 0 saturated carbocycles. The molecular formula is C7H11N. The van der Waals surface area contributed by atoms with Crippen LogP contribution in [0.15, 0.2) is 29.4 Å². The van der Waals surface area contributed by atoms with Crippen LogP contribution < -0.4 is 0 Å². The molecule has 0 rings (SSSR count). The summed E-state index contributed by atoms with van der Waals surface area (Å²) in [5.41, 5.74) is 0.801. The molecule has 0 spiro atoms. The van der Waals surface area contributed by atoms with Crippen molar-refractivity contribution in [1.29, 1.82) is 0 Å². The standard InChI is InChI=1S/C7H11N/c1-4-6-7(3)8-5-2/h4-6H,3H2,1-2H3/b6-4-,8-5-. The van der Waals surface area contributed by atoms with Crippen molar-refractivity contribution in [3.8, 4) is 0 Å². The van der Waals surface area contributed by atoms with Gasteiger partial charge in [-0.15, -0.1) is 0 Å². The maximum absolute atomic E-state index is 3.91. The van der Waals surface area contributed by atoms with Crippen LogP contribution in [-0.2, 0) is 0 Å². The van der Waals surface area contributed by atoms with Gasteiger partial charge in [-0.05, 0) is 19.9 Å². The van der Waals surface area contributed by atoms with Crippen LogP contribution in [-0.4, -0.2) is 6.21 Å². The fourth-order valence-electron chi connectivity index (χ4n) is 0.401. The van der Waals surface area contributed by atoms with Gasteiger partial charge in [-0.25, -0.2) is 0 Å². The van der Waals surface area contributed by atoms with E-state index in [-0.39, 0.29) is 0 Å². The Bertz CT molecular complexity index is 106. The zero-order valence-electron chi connectivity index (χ0n) is 5.39. The monoisotopic (exact) mass is 109 g/mol. The zero-order chi connectivity index (χ0) is 6.41. The minimum Gasteiger partial charge on any atom is -0.262 e.